The van der Waals surface area contributed by atoms with Crippen LogP contribution in [0.25, 0.3) is 0 Å². The number of aliphatic hydroxyl groups excluding tert-OH is 1. The molecule has 0 spiro atoms. The molecule has 2 rings (SSSR count). The van der Waals surface area contributed by atoms with Gasteiger partial charge in [-0.15, -0.1) is 0 Å². The minimum absolute atomic E-state index is 0.0501. The summed E-state index contributed by atoms with van der Waals surface area (Å²) in [5, 5.41) is 11.6. The predicted octanol–water partition coefficient (Wildman–Crippen LogP) is 3.55. The van der Waals surface area contributed by atoms with E-state index in [1.807, 2.05) is 11.8 Å². The molecule has 3 atom stereocenters. The normalized spacial score (nSPS) is 34.1. The summed E-state index contributed by atoms with van der Waals surface area (Å²) in [4.78, 5) is 0. The molecule has 1 aliphatic carbocycles. The summed E-state index contributed by atoms with van der Waals surface area (Å²) in [7, 11) is 0. The first kappa shape index (κ1) is 13.1. The van der Waals surface area contributed by atoms with Gasteiger partial charge in [0.05, 0.1) is 6.10 Å². The molecule has 0 bridgehead atoms. The molecule has 2 aliphatic rings. The Hall–Kier alpha value is 0.660. The van der Waals surface area contributed by atoms with Crippen LogP contribution in [-0.2, 0) is 0 Å². The van der Waals surface area contributed by atoms with Crippen molar-refractivity contribution in [2.45, 2.75) is 62.1 Å². The molecule has 3 unspecified atom stereocenters. The van der Waals surface area contributed by atoms with Gasteiger partial charge in [0.15, 0.2) is 0 Å². The van der Waals surface area contributed by atoms with Crippen LogP contribution in [0.15, 0.2) is 0 Å². The highest BCUT2D eigenvalue weighted by atomic mass is 32.2. The summed E-state index contributed by atoms with van der Waals surface area (Å²) in [6, 6.07) is 0. The van der Waals surface area contributed by atoms with Crippen molar-refractivity contribution in [3.63, 3.8) is 0 Å². The van der Waals surface area contributed by atoms with Crippen molar-refractivity contribution in [2.75, 3.05) is 11.5 Å². The molecule has 1 heterocycles. The molecule has 0 amide bonds. The van der Waals surface area contributed by atoms with E-state index in [0.717, 1.165) is 12.3 Å². The van der Waals surface area contributed by atoms with Gasteiger partial charge in [-0.05, 0) is 18.8 Å². The SMILES string of the molecule is CCC1SCCSC1C(O)CC1CCCC1. The van der Waals surface area contributed by atoms with Crippen LogP contribution >= 0.6 is 23.5 Å². The minimum atomic E-state index is -0.0501. The molecular formula is C13H24OS2. The van der Waals surface area contributed by atoms with Crippen molar-refractivity contribution in [3.05, 3.63) is 0 Å². The van der Waals surface area contributed by atoms with Gasteiger partial charge in [0.25, 0.3) is 0 Å². The average Bonchev–Trinajstić information content (AvgIpc) is 2.81. The van der Waals surface area contributed by atoms with Gasteiger partial charge in [-0.25, -0.2) is 0 Å². The summed E-state index contributed by atoms with van der Waals surface area (Å²) in [5.41, 5.74) is 0. The van der Waals surface area contributed by atoms with Crippen LogP contribution in [0, 0.1) is 5.92 Å². The monoisotopic (exact) mass is 260 g/mol. The molecule has 3 heteroatoms. The topological polar surface area (TPSA) is 20.2 Å². The minimum Gasteiger partial charge on any atom is -0.392 e. The van der Waals surface area contributed by atoms with Crippen molar-refractivity contribution < 1.29 is 5.11 Å². The first-order valence-corrected chi connectivity index (χ1v) is 8.82. The highest BCUT2D eigenvalue weighted by molar-refractivity contribution is 8.07. The van der Waals surface area contributed by atoms with E-state index in [2.05, 4.69) is 18.7 Å². The Morgan fingerprint density at radius 3 is 2.56 bits per heavy atom. The lowest BCUT2D eigenvalue weighted by molar-refractivity contribution is 0.138. The van der Waals surface area contributed by atoms with E-state index in [9.17, 15) is 5.11 Å². The van der Waals surface area contributed by atoms with E-state index < -0.39 is 0 Å². The van der Waals surface area contributed by atoms with Crippen LogP contribution in [0.2, 0.25) is 0 Å². The zero-order chi connectivity index (χ0) is 11.4. The molecule has 1 aliphatic heterocycles. The average molecular weight is 260 g/mol. The number of thioether (sulfide) groups is 2. The van der Waals surface area contributed by atoms with Gasteiger partial charge < -0.3 is 5.11 Å². The predicted molar refractivity (Wildman–Crippen MR) is 75.4 cm³/mol. The third-order valence-corrected chi connectivity index (χ3v) is 7.32. The Kier molecular flexibility index (Phi) is 5.37. The molecule has 1 N–H and O–H groups in total. The van der Waals surface area contributed by atoms with E-state index >= 15 is 0 Å². The molecule has 1 saturated carbocycles. The molecule has 1 saturated heterocycles. The van der Waals surface area contributed by atoms with Gasteiger partial charge in [-0.2, -0.15) is 23.5 Å². The van der Waals surface area contributed by atoms with Gasteiger partial charge in [0.1, 0.15) is 0 Å². The number of hydrogen-bond donors (Lipinski definition) is 1. The second-order valence-corrected chi connectivity index (χ2v) is 7.74. The Balaban J connectivity index is 1.83. The molecule has 2 fully saturated rings. The quantitative estimate of drug-likeness (QED) is 0.835. The van der Waals surface area contributed by atoms with E-state index in [1.165, 1.54) is 43.6 Å². The summed E-state index contributed by atoms with van der Waals surface area (Å²) >= 11 is 4.09. The van der Waals surface area contributed by atoms with Crippen molar-refractivity contribution in [3.8, 4) is 0 Å². The van der Waals surface area contributed by atoms with E-state index in [1.54, 1.807) is 0 Å². The lowest BCUT2D eigenvalue weighted by Crippen LogP contribution is -2.37. The van der Waals surface area contributed by atoms with Crippen molar-refractivity contribution >= 4 is 23.5 Å². The van der Waals surface area contributed by atoms with Gasteiger partial charge in [0.2, 0.25) is 0 Å². The summed E-state index contributed by atoms with van der Waals surface area (Å²) in [6.45, 7) is 2.26. The zero-order valence-electron chi connectivity index (χ0n) is 10.2. The van der Waals surface area contributed by atoms with Crippen molar-refractivity contribution in [1.29, 1.82) is 0 Å². The Morgan fingerprint density at radius 1 is 1.19 bits per heavy atom. The van der Waals surface area contributed by atoms with Crippen molar-refractivity contribution in [2.24, 2.45) is 5.92 Å². The van der Waals surface area contributed by atoms with Crippen molar-refractivity contribution in [1.82, 2.24) is 0 Å². The van der Waals surface area contributed by atoms with Crippen LogP contribution in [-0.4, -0.2) is 33.2 Å². The van der Waals surface area contributed by atoms with Crippen LogP contribution in [0.1, 0.15) is 45.4 Å². The number of hydrogen-bond acceptors (Lipinski definition) is 3. The summed E-state index contributed by atoms with van der Waals surface area (Å²) < 4.78 is 0. The second-order valence-electron chi connectivity index (χ2n) is 5.11. The zero-order valence-corrected chi connectivity index (χ0v) is 11.9. The van der Waals surface area contributed by atoms with Gasteiger partial charge in [-0.1, -0.05) is 32.6 Å². The number of rotatable bonds is 4. The molecule has 94 valence electrons. The molecule has 0 aromatic rings. The molecule has 0 aromatic carbocycles. The molecule has 0 radical (unpaired) electrons. The third kappa shape index (κ3) is 3.33. The second kappa shape index (κ2) is 6.55. The standard InChI is InChI=1S/C13H24OS2/c1-2-12-13(16-8-7-15-12)11(14)9-10-5-3-4-6-10/h10-14H,2-9H2,1H3. The smallest absolute Gasteiger partial charge is 0.0672 e. The fourth-order valence-corrected chi connectivity index (χ4v) is 6.18. The maximum Gasteiger partial charge on any atom is 0.0672 e. The van der Waals surface area contributed by atoms with Crippen LogP contribution in [0.4, 0.5) is 0 Å². The van der Waals surface area contributed by atoms with E-state index in [0.29, 0.717) is 10.5 Å². The van der Waals surface area contributed by atoms with Gasteiger partial charge >= 0.3 is 0 Å². The summed E-state index contributed by atoms with van der Waals surface area (Å²) in [6.07, 6.45) is 7.73. The lowest BCUT2D eigenvalue weighted by atomic mass is 9.96. The molecule has 1 nitrogen and oxygen atoms in total. The van der Waals surface area contributed by atoms with Crippen LogP contribution in [0.3, 0.4) is 0 Å². The van der Waals surface area contributed by atoms with E-state index in [4.69, 9.17) is 0 Å². The molecule has 16 heavy (non-hydrogen) atoms. The maximum atomic E-state index is 10.4. The fourth-order valence-electron chi connectivity index (χ4n) is 3.02. The van der Waals surface area contributed by atoms with Crippen LogP contribution in [0.5, 0.6) is 0 Å². The lowest BCUT2D eigenvalue weighted by Gasteiger charge is -2.34. The van der Waals surface area contributed by atoms with E-state index in [-0.39, 0.29) is 6.10 Å². The Labute approximate surface area is 108 Å². The summed E-state index contributed by atoms with van der Waals surface area (Å²) in [5.74, 6) is 3.32. The Morgan fingerprint density at radius 2 is 1.88 bits per heavy atom. The number of aliphatic hydroxyl groups is 1. The Bertz CT molecular complexity index is 204. The third-order valence-electron chi connectivity index (χ3n) is 3.92. The van der Waals surface area contributed by atoms with Crippen LogP contribution < -0.4 is 0 Å². The van der Waals surface area contributed by atoms with Gasteiger partial charge in [-0.3, -0.25) is 0 Å². The first-order valence-electron chi connectivity index (χ1n) is 6.72. The maximum absolute atomic E-state index is 10.4. The first-order chi connectivity index (χ1) is 7.81. The highest BCUT2D eigenvalue weighted by Crippen LogP contribution is 2.38. The largest absolute Gasteiger partial charge is 0.392 e. The fraction of sp³-hybridized carbons (Fsp3) is 1.00. The van der Waals surface area contributed by atoms with Gasteiger partial charge in [0, 0.05) is 22.0 Å². The molecule has 0 aromatic heterocycles. The highest BCUT2D eigenvalue weighted by Gasteiger charge is 2.32. The molecular weight excluding hydrogens is 236 g/mol.